The fourth-order valence-corrected chi connectivity index (χ4v) is 2.60. The first kappa shape index (κ1) is 12.9. The number of aromatic nitrogens is 2. The van der Waals surface area contributed by atoms with Gasteiger partial charge in [-0.2, -0.15) is 0 Å². The third-order valence-electron chi connectivity index (χ3n) is 3.97. The van der Waals surface area contributed by atoms with Crippen LogP contribution in [0.2, 0.25) is 0 Å². The van der Waals surface area contributed by atoms with Gasteiger partial charge in [-0.15, -0.1) is 0 Å². The number of benzene rings is 1. The van der Waals surface area contributed by atoms with Crippen molar-refractivity contribution in [1.29, 1.82) is 0 Å². The number of amides is 1. The Labute approximate surface area is 118 Å². The molecule has 1 aliphatic rings. The number of rotatable bonds is 5. The van der Waals surface area contributed by atoms with Crippen LogP contribution in [0.15, 0.2) is 43.0 Å². The van der Waals surface area contributed by atoms with Gasteiger partial charge in [0.15, 0.2) is 0 Å². The van der Waals surface area contributed by atoms with Gasteiger partial charge in [0.1, 0.15) is 0 Å². The van der Waals surface area contributed by atoms with Crippen LogP contribution in [0.3, 0.4) is 0 Å². The van der Waals surface area contributed by atoms with Crippen LogP contribution < -0.4 is 5.32 Å². The second-order valence-corrected chi connectivity index (χ2v) is 5.51. The lowest BCUT2D eigenvalue weighted by atomic mass is 9.93. The maximum Gasteiger partial charge on any atom is 0.230 e. The Morgan fingerprint density at radius 1 is 1.45 bits per heavy atom. The quantitative estimate of drug-likeness (QED) is 0.903. The van der Waals surface area contributed by atoms with Crippen molar-refractivity contribution in [3.05, 3.63) is 54.1 Å². The Balaban J connectivity index is 1.62. The summed E-state index contributed by atoms with van der Waals surface area (Å²) in [6, 6.07) is 8.29. The van der Waals surface area contributed by atoms with E-state index in [0.717, 1.165) is 24.9 Å². The van der Waals surface area contributed by atoms with Crippen molar-refractivity contribution in [2.45, 2.75) is 31.7 Å². The first-order valence-corrected chi connectivity index (χ1v) is 7.02. The number of nitrogens with one attached hydrogen (secondary N) is 1. The number of imidazole rings is 1. The van der Waals surface area contributed by atoms with E-state index < -0.39 is 0 Å². The minimum atomic E-state index is -0.277. The third kappa shape index (κ3) is 2.46. The highest BCUT2D eigenvalue weighted by Crippen LogP contribution is 2.48. The van der Waals surface area contributed by atoms with Crippen LogP contribution in [-0.4, -0.2) is 22.0 Å². The number of aryl methyl sites for hydroxylation is 1. The van der Waals surface area contributed by atoms with Gasteiger partial charge < -0.3 is 9.88 Å². The molecule has 0 spiro atoms. The largest absolute Gasteiger partial charge is 0.354 e. The zero-order chi connectivity index (χ0) is 14.0. The van der Waals surface area contributed by atoms with Crippen LogP contribution in [0.1, 0.15) is 24.0 Å². The summed E-state index contributed by atoms with van der Waals surface area (Å²) in [7, 11) is 0. The van der Waals surface area contributed by atoms with E-state index in [0.29, 0.717) is 6.54 Å². The van der Waals surface area contributed by atoms with Crippen LogP contribution >= 0.6 is 0 Å². The molecule has 0 unspecified atom stereocenters. The smallest absolute Gasteiger partial charge is 0.230 e. The summed E-state index contributed by atoms with van der Waals surface area (Å²) < 4.78 is 1.96. The van der Waals surface area contributed by atoms with E-state index in [1.165, 1.54) is 5.56 Å². The number of hydrogen-bond acceptors (Lipinski definition) is 2. The Morgan fingerprint density at radius 3 is 2.95 bits per heavy atom. The average Bonchev–Trinajstić information content (AvgIpc) is 3.10. The maximum absolute atomic E-state index is 12.4. The summed E-state index contributed by atoms with van der Waals surface area (Å²) >= 11 is 0. The summed E-state index contributed by atoms with van der Waals surface area (Å²) in [4.78, 5) is 16.4. The van der Waals surface area contributed by atoms with Gasteiger partial charge in [-0.1, -0.05) is 29.8 Å². The molecule has 0 bridgehead atoms. The monoisotopic (exact) mass is 269 g/mol. The highest BCUT2D eigenvalue weighted by atomic mass is 16.2. The molecule has 1 N–H and O–H groups in total. The molecule has 4 heteroatoms. The van der Waals surface area contributed by atoms with Crippen molar-refractivity contribution in [3.8, 4) is 0 Å². The molecule has 0 atom stereocenters. The van der Waals surface area contributed by atoms with Crippen molar-refractivity contribution in [2.24, 2.45) is 0 Å². The molecule has 3 rings (SSSR count). The van der Waals surface area contributed by atoms with Crippen LogP contribution in [0.4, 0.5) is 0 Å². The van der Waals surface area contributed by atoms with Crippen molar-refractivity contribution < 1.29 is 4.79 Å². The minimum absolute atomic E-state index is 0.156. The molecule has 20 heavy (non-hydrogen) atoms. The molecule has 1 aromatic carbocycles. The molecule has 0 saturated heterocycles. The van der Waals surface area contributed by atoms with Crippen molar-refractivity contribution in [2.75, 3.05) is 6.54 Å². The van der Waals surface area contributed by atoms with E-state index in [1.54, 1.807) is 12.5 Å². The molecule has 1 heterocycles. The standard InChI is InChI=1S/C16H19N3O/c1-13-3-2-4-14(11-13)16(5-6-16)15(20)18-8-10-19-9-7-17-12-19/h2-4,7,9,11-12H,5-6,8,10H2,1H3,(H,18,20). The van der Waals surface area contributed by atoms with Gasteiger partial charge in [-0.25, -0.2) is 4.98 Å². The maximum atomic E-state index is 12.4. The normalized spacial score (nSPS) is 15.8. The van der Waals surface area contributed by atoms with E-state index in [9.17, 15) is 4.79 Å². The van der Waals surface area contributed by atoms with E-state index in [4.69, 9.17) is 0 Å². The van der Waals surface area contributed by atoms with Gasteiger partial charge in [-0.3, -0.25) is 4.79 Å². The van der Waals surface area contributed by atoms with Gasteiger partial charge >= 0.3 is 0 Å². The Morgan fingerprint density at radius 2 is 2.30 bits per heavy atom. The summed E-state index contributed by atoms with van der Waals surface area (Å²) in [5.41, 5.74) is 2.08. The van der Waals surface area contributed by atoms with E-state index in [-0.39, 0.29) is 11.3 Å². The number of carbonyl (C=O) groups excluding carboxylic acids is 1. The lowest BCUT2D eigenvalue weighted by molar-refractivity contribution is -0.123. The molecule has 1 aliphatic carbocycles. The summed E-state index contributed by atoms with van der Waals surface area (Å²) in [6.45, 7) is 3.47. The lowest BCUT2D eigenvalue weighted by Gasteiger charge is -2.16. The SMILES string of the molecule is Cc1cccc(C2(C(=O)NCCn3ccnc3)CC2)c1. The van der Waals surface area contributed by atoms with E-state index in [2.05, 4.69) is 35.4 Å². The zero-order valence-corrected chi connectivity index (χ0v) is 11.7. The Bertz CT molecular complexity index is 600. The first-order valence-electron chi connectivity index (χ1n) is 7.02. The number of nitrogens with zero attached hydrogens (tertiary/aromatic N) is 2. The average molecular weight is 269 g/mol. The fourth-order valence-electron chi connectivity index (χ4n) is 2.60. The van der Waals surface area contributed by atoms with E-state index in [1.807, 2.05) is 16.8 Å². The van der Waals surface area contributed by atoms with Crippen molar-refractivity contribution in [1.82, 2.24) is 14.9 Å². The molecule has 0 radical (unpaired) electrons. The highest BCUT2D eigenvalue weighted by Gasteiger charge is 2.50. The van der Waals surface area contributed by atoms with Gasteiger partial charge in [0.25, 0.3) is 0 Å². The summed E-state index contributed by atoms with van der Waals surface area (Å²) in [6.07, 6.45) is 7.32. The molecule has 1 aromatic heterocycles. The molecular formula is C16H19N3O. The van der Waals surface area contributed by atoms with E-state index >= 15 is 0 Å². The molecule has 4 nitrogen and oxygen atoms in total. The molecule has 2 aromatic rings. The fraction of sp³-hybridized carbons (Fsp3) is 0.375. The van der Waals surface area contributed by atoms with Gasteiger partial charge in [0.2, 0.25) is 5.91 Å². The van der Waals surface area contributed by atoms with Crippen LogP contribution in [0, 0.1) is 6.92 Å². The molecule has 1 amide bonds. The van der Waals surface area contributed by atoms with Crippen LogP contribution in [0.5, 0.6) is 0 Å². The number of carbonyl (C=O) groups is 1. The zero-order valence-electron chi connectivity index (χ0n) is 11.7. The van der Waals surface area contributed by atoms with Gasteiger partial charge in [-0.05, 0) is 25.3 Å². The van der Waals surface area contributed by atoms with Gasteiger partial charge in [0, 0.05) is 25.5 Å². The van der Waals surface area contributed by atoms with Crippen molar-refractivity contribution in [3.63, 3.8) is 0 Å². The molecular weight excluding hydrogens is 250 g/mol. The van der Waals surface area contributed by atoms with Crippen LogP contribution in [0.25, 0.3) is 0 Å². The lowest BCUT2D eigenvalue weighted by Crippen LogP contribution is -2.36. The highest BCUT2D eigenvalue weighted by molar-refractivity contribution is 5.91. The minimum Gasteiger partial charge on any atom is -0.354 e. The summed E-state index contributed by atoms with van der Waals surface area (Å²) in [5.74, 6) is 0.156. The Kier molecular flexibility index (Phi) is 3.30. The predicted octanol–water partition coefficient (Wildman–Crippen LogP) is 2.04. The Hall–Kier alpha value is -2.10. The first-order chi connectivity index (χ1) is 9.71. The molecule has 0 aliphatic heterocycles. The predicted molar refractivity (Wildman–Crippen MR) is 77.3 cm³/mol. The second-order valence-electron chi connectivity index (χ2n) is 5.51. The number of hydrogen-bond donors (Lipinski definition) is 1. The third-order valence-corrected chi connectivity index (χ3v) is 3.97. The topological polar surface area (TPSA) is 46.9 Å². The molecule has 1 fully saturated rings. The molecule has 104 valence electrons. The second kappa shape index (κ2) is 5.12. The van der Waals surface area contributed by atoms with Crippen molar-refractivity contribution >= 4 is 5.91 Å². The molecule has 1 saturated carbocycles. The summed E-state index contributed by atoms with van der Waals surface area (Å²) in [5, 5.41) is 3.05. The van der Waals surface area contributed by atoms with Gasteiger partial charge in [0.05, 0.1) is 11.7 Å². The van der Waals surface area contributed by atoms with Crippen LogP contribution in [-0.2, 0) is 16.8 Å².